The molecule has 1 fully saturated rings. The average Bonchev–Trinajstić information content (AvgIpc) is 3.09. The molecule has 2 N–H and O–H groups in total. The second-order valence-electron chi connectivity index (χ2n) is 6.66. The van der Waals surface area contributed by atoms with Gasteiger partial charge in [-0.1, -0.05) is 11.6 Å². The number of nitrogens with zero attached hydrogens (tertiary/aromatic N) is 2. The number of halogens is 2. The van der Waals surface area contributed by atoms with Gasteiger partial charge in [-0.25, -0.2) is 17.8 Å². The number of ether oxygens (including phenoxy) is 1. The maximum absolute atomic E-state index is 14.3. The third-order valence-corrected chi connectivity index (χ3v) is 5.90. The molecule has 0 saturated carbocycles. The molecule has 1 unspecified atom stereocenters. The smallest absolute Gasteiger partial charge is 0.269 e. The van der Waals surface area contributed by atoms with Gasteiger partial charge in [0.1, 0.15) is 0 Å². The molecule has 11 heteroatoms. The molecular formula is C17H20ClFN4O4S. The fourth-order valence-corrected chi connectivity index (χ4v) is 4.38. The number of carbonyl (C=O) groups is 1. The van der Waals surface area contributed by atoms with E-state index >= 15 is 0 Å². The maximum Gasteiger partial charge on any atom is 0.269 e. The summed E-state index contributed by atoms with van der Waals surface area (Å²) >= 11 is 5.90. The molecule has 1 aromatic heterocycles. The van der Waals surface area contributed by atoms with Crippen molar-refractivity contribution in [3.63, 3.8) is 0 Å². The summed E-state index contributed by atoms with van der Waals surface area (Å²) in [5, 5.41) is -0.268. The van der Waals surface area contributed by atoms with Crippen molar-refractivity contribution in [3.05, 3.63) is 41.1 Å². The van der Waals surface area contributed by atoms with Crippen molar-refractivity contribution in [2.45, 2.75) is 12.8 Å². The third kappa shape index (κ3) is 5.07. The standard InChI is InChI=1S/C17H20ClFN4O4S/c1-23-7-15(20-10-23)12-5-13(16(19)14(18)6-12)17(24)21-22-28(25,26)9-11-3-2-4-27-8-11/h5-7,10-11,22H,2-4,8-9H2,1H3,(H,21,24). The summed E-state index contributed by atoms with van der Waals surface area (Å²) in [6.45, 7) is 0.971. The van der Waals surface area contributed by atoms with Crippen LogP contribution in [0.4, 0.5) is 4.39 Å². The highest BCUT2D eigenvalue weighted by Crippen LogP contribution is 2.27. The number of aryl methyl sites for hydroxylation is 1. The first-order valence-corrected chi connectivity index (χ1v) is 10.6. The summed E-state index contributed by atoms with van der Waals surface area (Å²) in [6.07, 6.45) is 4.75. The van der Waals surface area contributed by atoms with Gasteiger partial charge in [0.15, 0.2) is 5.82 Å². The number of hydrogen-bond donors (Lipinski definition) is 2. The highest BCUT2D eigenvalue weighted by Gasteiger charge is 2.24. The monoisotopic (exact) mass is 430 g/mol. The van der Waals surface area contributed by atoms with E-state index in [0.717, 1.165) is 12.8 Å². The summed E-state index contributed by atoms with van der Waals surface area (Å²) in [5.74, 6) is -2.24. The van der Waals surface area contributed by atoms with Gasteiger partial charge >= 0.3 is 0 Å². The predicted molar refractivity (Wildman–Crippen MR) is 102 cm³/mol. The molecule has 2 aromatic rings. The number of hydrogen-bond acceptors (Lipinski definition) is 5. The van der Waals surface area contributed by atoms with E-state index in [0.29, 0.717) is 24.5 Å². The molecule has 3 rings (SSSR count). The molecule has 0 spiro atoms. The van der Waals surface area contributed by atoms with Crippen LogP contribution in [0.25, 0.3) is 11.3 Å². The van der Waals surface area contributed by atoms with Gasteiger partial charge in [-0.05, 0) is 30.9 Å². The SMILES string of the molecule is Cn1cnc(-c2cc(Cl)c(F)c(C(=O)NNS(=O)(=O)CC3CCCOC3)c2)c1. The second kappa shape index (κ2) is 8.56. The van der Waals surface area contributed by atoms with E-state index in [1.165, 1.54) is 12.1 Å². The van der Waals surface area contributed by atoms with Crippen LogP contribution in [0.1, 0.15) is 23.2 Å². The highest BCUT2D eigenvalue weighted by molar-refractivity contribution is 7.89. The minimum atomic E-state index is -3.80. The lowest BCUT2D eigenvalue weighted by Crippen LogP contribution is -2.44. The molecular weight excluding hydrogens is 411 g/mol. The molecule has 152 valence electrons. The van der Waals surface area contributed by atoms with Crippen molar-refractivity contribution in [2.75, 3.05) is 19.0 Å². The lowest BCUT2D eigenvalue weighted by molar-refractivity contribution is 0.0625. The summed E-state index contributed by atoms with van der Waals surface area (Å²) in [6, 6.07) is 2.62. The number of rotatable bonds is 6. The number of imidazole rings is 1. The van der Waals surface area contributed by atoms with Gasteiger partial charge in [-0.2, -0.15) is 0 Å². The lowest BCUT2D eigenvalue weighted by Gasteiger charge is -2.21. The Morgan fingerprint density at radius 3 is 2.89 bits per heavy atom. The largest absolute Gasteiger partial charge is 0.381 e. The molecule has 28 heavy (non-hydrogen) atoms. The van der Waals surface area contributed by atoms with Gasteiger partial charge in [-0.3, -0.25) is 10.2 Å². The number of nitrogens with one attached hydrogen (secondary N) is 2. The van der Waals surface area contributed by atoms with E-state index in [4.69, 9.17) is 16.3 Å². The molecule has 0 bridgehead atoms. The van der Waals surface area contributed by atoms with Crippen LogP contribution < -0.4 is 10.3 Å². The second-order valence-corrected chi connectivity index (χ2v) is 8.84. The number of hydrazine groups is 1. The van der Waals surface area contributed by atoms with Crippen molar-refractivity contribution >= 4 is 27.5 Å². The van der Waals surface area contributed by atoms with Gasteiger partial charge < -0.3 is 9.30 Å². The molecule has 8 nitrogen and oxygen atoms in total. The predicted octanol–water partition coefficient (Wildman–Crippen LogP) is 1.87. The Balaban J connectivity index is 1.72. The molecule has 1 saturated heterocycles. The van der Waals surface area contributed by atoms with Crippen LogP contribution in [-0.2, 0) is 21.8 Å². The van der Waals surface area contributed by atoms with E-state index in [2.05, 4.69) is 4.98 Å². The van der Waals surface area contributed by atoms with E-state index in [9.17, 15) is 17.6 Å². The highest BCUT2D eigenvalue weighted by atomic mass is 35.5. The average molecular weight is 431 g/mol. The van der Waals surface area contributed by atoms with Gasteiger partial charge in [0.05, 0.1) is 35.0 Å². The molecule has 1 aromatic carbocycles. The Morgan fingerprint density at radius 2 is 2.25 bits per heavy atom. The van der Waals surface area contributed by atoms with Crippen LogP contribution in [0.15, 0.2) is 24.7 Å². The van der Waals surface area contributed by atoms with Gasteiger partial charge in [-0.15, -0.1) is 4.83 Å². The van der Waals surface area contributed by atoms with Gasteiger partial charge in [0.25, 0.3) is 5.91 Å². The number of amides is 1. The minimum absolute atomic E-state index is 0.151. The fourth-order valence-electron chi connectivity index (χ4n) is 2.95. The number of carbonyl (C=O) groups excluding carboxylic acids is 1. The molecule has 1 aliphatic rings. The summed E-state index contributed by atoms with van der Waals surface area (Å²) in [5.41, 5.74) is 2.57. The normalized spacial score (nSPS) is 17.5. The molecule has 1 amide bonds. The van der Waals surface area contributed by atoms with E-state index < -0.39 is 27.3 Å². The molecule has 2 heterocycles. The third-order valence-electron chi connectivity index (χ3n) is 4.30. The van der Waals surface area contributed by atoms with Crippen LogP contribution in [0, 0.1) is 11.7 Å². The minimum Gasteiger partial charge on any atom is -0.381 e. The van der Waals surface area contributed by atoms with E-state index in [1.54, 1.807) is 24.1 Å². The van der Waals surface area contributed by atoms with Crippen LogP contribution >= 0.6 is 11.6 Å². The Kier molecular flexibility index (Phi) is 6.33. The van der Waals surface area contributed by atoms with Crippen molar-refractivity contribution < 1.29 is 22.3 Å². The summed E-state index contributed by atoms with van der Waals surface area (Å²) in [7, 11) is -2.03. The zero-order valence-electron chi connectivity index (χ0n) is 15.1. The number of benzene rings is 1. The Labute approximate surface area is 167 Å². The first-order chi connectivity index (χ1) is 13.2. The van der Waals surface area contributed by atoms with Crippen LogP contribution in [0.2, 0.25) is 5.02 Å². The number of sulfonamides is 1. The summed E-state index contributed by atoms with van der Waals surface area (Å²) < 4.78 is 45.6. The Bertz CT molecular complexity index is 974. The molecule has 1 aliphatic heterocycles. The van der Waals surface area contributed by atoms with Crippen LogP contribution in [0.5, 0.6) is 0 Å². The summed E-state index contributed by atoms with van der Waals surface area (Å²) in [4.78, 5) is 18.5. The van der Waals surface area contributed by atoms with E-state index in [1.807, 2.05) is 10.3 Å². The van der Waals surface area contributed by atoms with Crippen molar-refractivity contribution in [3.8, 4) is 11.3 Å². The van der Waals surface area contributed by atoms with Crippen molar-refractivity contribution in [1.82, 2.24) is 19.8 Å². The molecule has 0 aliphatic carbocycles. The maximum atomic E-state index is 14.3. The fraction of sp³-hybridized carbons (Fsp3) is 0.412. The van der Waals surface area contributed by atoms with Gasteiger partial charge in [0, 0.05) is 25.4 Å². The van der Waals surface area contributed by atoms with Crippen molar-refractivity contribution in [1.29, 1.82) is 0 Å². The molecule has 1 atom stereocenters. The van der Waals surface area contributed by atoms with Crippen LogP contribution in [-0.4, -0.2) is 42.8 Å². The topological polar surface area (TPSA) is 102 Å². The Morgan fingerprint density at radius 1 is 1.46 bits per heavy atom. The van der Waals surface area contributed by atoms with Gasteiger partial charge in [0.2, 0.25) is 10.0 Å². The first kappa shape index (κ1) is 20.7. The Hall–Kier alpha value is -2.01. The van der Waals surface area contributed by atoms with Crippen LogP contribution in [0.3, 0.4) is 0 Å². The quantitative estimate of drug-likeness (QED) is 0.681. The lowest BCUT2D eigenvalue weighted by atomic mass is 10.1. The first-order valence-electron chi connectivity index (χ1n) is 8.60. The zero-order valence-corrected chi connectivity index (χ0v) is 16.7. The van der Waals surface area contributed by atoms with E-state index in [-0.39, 0.29) is 16.7 Å². The van der Waals surface area contributed by atoms with Crippen molar-refractivity contribution in [2.24, 2.45) is 13.0 Å². The number of aromatic nitrogens is 2. The zero-order chi connectivity index (χ0) is 20.3. The molecule has 0 radical (unpaired) electrons.